The Morgan fingerprint density at radius 1 is 1.35 bits per heavy atom. The van der Waals surface area contributed by atoms with Gasteiger partial charge in [0.2, 0.25) is 0 Å². The van der Waals surface area contributed by atoms with E-state index in [0.29, 0.717) is 0 Å². The number of hydrogen-bond donors (Lipinski definition) is 1. The highest BCUT2D eigenvalue weighted by atomic mass is 32.1. The third kappa shape index (κ3) is 2.10. The molecule has 0 fully saturated rings. The van der Waals surface area contributed by atoms with Crippen molar-refractivity contribution in [3.63, 3.8) is 0 Å². The normalized spacial score (nSPS) is 10.8. The maximum Gasteiger partial charge on any atom is 0.341 e. The van der Waals surface area contributed by atoms with Crippen molar-refractivity contribution in [2.24, 2.45) is 0 Å². The Kier molecular flexibility index (Phi) is 2.87. The van der Waals surface area contributed by atoms with Crippen LogP contribution in [0.3, 0.4) is 0 Å². The monoisotopic (exact) mass is 286 g/mol. The summed E-state index contributed by atoms with van der Waals surface area (Å²) in [5.74, 6) is -1.22. The van der Waals surface area contributed by atoms with Gasteiger partial charge in [0, 0.05) is 24.1 Å². The van der Waals surface area contributed by atoms with Crippen molar-refractivity contribution in [1.82, 2.24) is 9.55 Å². The summed E-state index contributed by atoms with van der Waals surface area (Å²) in [6, 6.07) is 6.91. The molecule has 20 heavy (non-hydrogen) atoms. The van der Waals surface area contributed by atoms with E-state index in [0.717, 1.165) is 20.9 Å². The van der Waals surface area contributed by atoms with Crippen LogP contribution in [0.2, 0.25) is 0 Å². The van der Waals surface area contributed by atoms with Gasteiger partial charge in [-0.15, -0.1) is 11.3 Å². The highest BCUT2D eigenvalue weighted by Gasteiger charge is 2.09. The number of fused-ring (bicyclic) bond motifs is 1. The first kappa shape index (κ1) is 12.6. The van der Waals surface area contributed by atoms with E-state index in [4.69, 9.17) is 5.11 Å². The van der Waals surface area contributed by atoms with Crippen LogP contribution in [0.5, 0.6) is 0 Å². The predicted octanol–water partition coefficient (Wildman–Crippen LogP) is 2.45. The quantitative estimate of drug-likeness (QED) is 0.785. The minimum Gasteiger partial charge on any atom is -0.477 e. The summed E-state index contributed by atoms with van der Waals surface area (Å²) in [6.07, 6.45) is 2.89. The van der Waals surface area contributed by atoms with Crippen molar-refractivity contribution in [3.8, 4) is 5.69 Å². The standard InChI is InChI=1S/C14H10N2O3S/c1-8-15-11-3-2-9(6-13(11)20-8)16-5-4-12(17)10(7-16)14(18)19/h2-7H,1H3,(H,18,19). The molecule has 6 heteroatoms. The van der Waals surface area contributed by atoms with E-state index in [9.17, 15) is 9.59 Å². The molecule has 2 aromatic heterocycles. The number of aryl methyl sites for hydroxylation is 1. The molecule has 0 aliphatic rings. The summed E-state index contributed by atoms with van der Waals surface area (Å²) in [5, 5.41) is 9.97. The molecule has 2 heterocycles. The fraction of sp³-hybridized carbons (Fsp3) is 0.0714. The number of carboxylic acid groups (broad SMARTS) is 1. The van der Waals surface area contributed by atoms with Crippen molar-refractivity contribution in [2.45, 2.75) is 6.92 Å². The van der Waals surface area contributed by atoms with Crippen molar-refractivity contribution in [2.75, 3.05) is 0 Å². The van der Waals surface area contributed by atoms with E-state index in [1.54, 1.807) is 22.1 Å². The van der Waals surface area contributed by atoms with Crippen LogP contribution in [-0.2, 0) is 0 Å². The van der Waals surface area contributed by atoms with Crippen LogP contribution in [0.4, 0.5) is 0 Å². The maximum absolute atomic E-state index is 11.5. The van der Waals surface area contributed by atoms with E-state index in [-0.39, 0.29) is 5.56 Å². The summed E-state index contributed by atoms with van der Waals surface area (Å²) in [4.78, 5) is 26.8. The zero-order valence-corrected chi connectivity index (χ0v) is 11.3. The first-order chi connectivity index (χ1) is 9.54. The van der Waals surface area contributed by atoms with Crippen molar-refractivity contribution in [3.05, 3.63) is 57.5 Å². The molecule has 0 saturated heterocycles. The van der Waals surface area contributed by atoms with Crippen LogP contribution in [0.1, 0.15) is 15.4 Å². The predicted molar refractivity (Wildman–Crippen MR) is 76.9 cm³/mol. The average molecular weight is 286 g/mol. The van der Waals surface area contributed by atoms with Gasteiger partial charge in [-0.25, -0.2) is 9.78 Å². The van der Waals surface area contributed by atoms with Crippen LogP contribution >= 0.6 is 11.3 Å². The molecule has 3 rings (SSSR count). The number of thiazole rings is 1. The summed E-state index contributed by atoms with van der Waals surface area (Å²) < 4.78 is 2.65. The fourth-order valence-electron chi connectivity index (χ4n) is 1.99. The van der Waals surface area contributed by atoms with Crippen molar-refractivity contribution in [1.29, 1.82) is 0 Å². The van der Waals surface area contributed by atoms with E-state index >= 15 is 0 Å². The zero-order valence-electron chi connectivity index (χ0n) is 10.5. The zero-order chi connectivity index (χ0) is 14.3. The molecular weight excluding hydrogens is 276 g/mol. The van der Waals surface area contributed by atoms with Gasteiger partial charge in [-0.05, 0) is 25.1 Å². The van der Waals surface area contributed by atoms with Gasteiger partial charge in [-0.1, -0.05) is 0 Å². The van der Waals surface area contributed by atoms with Crippen LogP contribution < -0.4 is 5.43 Å². The molecule has 0 amide bonds. The SMILES string of the molecule is Cc1nc2ccc(-n3ccc(=O)c(C(=O)O)c3)cc2s1. The number of nitrogens with zero attached hydrogens (tertiary/aromatic N) is 2. The van der Waals surface area contributed by atoms with Gasteiger partial charge in [0.1, 0.15) is 5.56 Å². The van der Waals surface area contributed by atoms with E-state index < -0.39 is 11.4 Å². The number of aromatic carboxylic acids is 1. The molecule has 0 radical (unpaired) electrons. The Balaban J connectivity index is 2.17. The summed E-state index contributed by atoms with van der Waals surface area (Å²) in [5.41, 5.74) is 0.968. The number of pyridine rings is 1. The molecule has 100 valence electrons. The van der Waals surface area contributed by atoms with Crippen molar-refractivity contribution >= 4 is 27.5 Å². The Morgan fingerprint density at radius 2 is 2.15 bits per heavy atom. The molecule has 1 N–H and O–H groups in total. The van der Waals surface area contributed by atoms with Gasteiger partial charge >= 0.3 is 5.97 Å². The molecule has 0 unspecified atom stereocenters. The second kappa shape index (κ2) is 4.57. The van der Waals surface area contributed by atoms with Crippen LogP contribution in [-0.4, -0.2) is 20.6 Å². The lowest BCUT2D eigenvalue weighted by atomic mass is 10.2. The van der Waals surface area contributed by atoms with Gasteiger partial charge in [-0.3, -0.25) is 4.79 Å². The minimum atomic E-state index is -1.22. The number of aromatic nitrogens is 2. The van der Waals surface area contributed by atoms with Crippen molar-refractivity contribution < 1.29 is 9.90 Å². The summed E-state index contributed by atoms with van der Waals surface area (Å²) in [7, 11) is 0. The number of carbonyl (C=O) groups is 1. The first-order valence-corrected chi connectivity index (χ1v) is 6.69. The lowest BCUT2D eigenvalue weighted by Crippen LogP contribution is -2.15. The van der Waals surface area contributed by atoms with E-state index in [1.807, 2.05) is 25.1 Å². The minimum absolute atomic E-state index is 0.243. The Labute approximate surface area is 117 Å². The van der Waals surface area contributed by atoms with Crippen LogP contribution in [0.25, 0.3) is 15.9 Å². The molecule has 0 atom stereocenters. The molecule has 1 aromatic carbocycles. The maximum atomic E-state index is 11.5. The average Bonchev–Trinajstić information content (AvgIpc) is 2.78. The third-order valence-electron chi connectivity index (χ3n) is 2.93. The highest BCUT2D eigenvalue weighted by molar-refractivity contribution is 7.18. The Bertz CT molecular complexity index is 880. The second-order valence-electron chi connectivity index (χ2n) is 4.32. The highest BCUT2D eigenvalue weighted by Crippen LogP contribution is 2.24. The second-order valence-corrected chi connectivity index (χ2v) is 5.55. The van der Waals surface area contributed by atoms with E-state index in [2.05, 4.69) is 4.98 Å². The van der Waals surface area contributed by atoms with Gasteiger partial charge < -0.3 is 9.67 Å². The molecule has 0 aliphatic carbocycles. The van der Waals surface area contributed by atoms with Gasteiger partial charge in [0.05, 0.1) is 15.2 Å². The molecule has 0 spiro atoms. The fourth-order valence-corrected chi connectivity index (χ4v) is 2.85. The molecule has 3 aromatic rings. The number of carboxylic acids is 1. The Hall–Kier alpha value is -2.47. The number of hydrogen-bond acceptors (Lipinski definition) is 4. The molecule has 0 aliphatic heterocycles. The summed E-state index contributed by atoms with van der Waals surface area (Å²) >= 11 is 1.57. The van der Waals surface area contributed by atoms with Gasteiger partial charge in [0.25, 0.3) is 0 Å². The first-order valence-electron chi connectivity index (χ1n) is 5.88. The molecule has 0 bridgehead atoms. The molecule has 0 saturated carbocycles. The largest absolute Gasteiger partial charge is 0.477 e. The number of benzene rings is 1. The third-order valence-corrected chi connectivity index (χ3v) is 3.86. The smallest absolute Gasteiger partial charge is 0.341 e. The number of rotatable bonds is 2. The summed E-state index contributed by atoms with van der Waals surface area (Å²) in [6.45, 7) is 1.94. The molecule has 5 nitrogen and oxygen atoms in total. The van der Waals surface area contributed by atoms with E-state index in [1.165, 1.54) is 12.3 Å². The lowest BCUT2D eigenvalue weighted by Gasteiger charge is -2.06. The Morgan fingerprint density at radius 3 is 2.90 bits per heavy atom. The van der Waals surface area contributed by atoms with Gasteiger partial charge in [0.15, 0.2) is 5.43 Å². The van der Waals surface area contributed by atoms with Crippen LogP contribution in [0, 0.1) is 6.92 Å². The topological polar surface area (TPSA) is 72.2 Å². The molecular formula is C14H10N2O3S. The van der Waals surface area contributed by atoms with Gasteiger partial charge in [-0.2, -0.15) is 0 Å². The van der Waals surface area contributed by atoms with Crippen LogP contribution in [0.15, 0.2) is 41.5 Å². The lowest BCUT2D eigenvalue weighted by molar-refractivity contribution is 0.0695.